The molecule has 0 fully saturated rings. The van der Waals surface area contributed by atoms with Crippen LogP contribution in [0.25, 0.3) is 0 Å². The monoisotopic (exact) mass is 467 g/mol. The van der Waals surface area contributed by atoms with E-state index in [4.69, 9.17) is 46.4 Å². The number of urea groups is 2. The molecular formula is C20H13Cl4N3O2. The van der Waals surface area contributed by atoms with Gasteiger partial charge in [-0.2, -0.15) is 0 Å². The minimum atomic E-state index is -0.697. The largest absolute Gasteiger partial charge is 0.334 e. The molecule has 29 heavy (non-hydrogen) atoms. The average molecular weight is 469 g/mol. The molecule has 5 nitrogen and oxygen atoms in total. The number of carbonyl (C=O) groups excluding carboxylic acids is 2. The van der Waals surface area contributed by atoms with Crippen molar-refractivity contribution in [2.75, 3.05) is 15.5 Å². The molecule has 0 bridgehead atoms. The molecule has 0 aliphatic rings. The lowest BCUT2D eigenvalue weighted by Gasteiger charge is -2.22. The highest BCUT2D eigenvalue weighted by molar-refractivity contribution is 6.42. The van der Waals surface area contributed by atoms with E-state index in [0.29, 0.717) is 26.4 Å². The number of benzene rings is 3. The molecule has 0 saturated carbocycles. The van der Waals surface area contributed by atoms with Gasteiger partial charge in [0.05, 0.1) is 15.7 Å². The molecule has 3 aromatic rings. The molecule has 3 aromatic carbocycles. The van der Waals surface area contributed by atoms with Gasteiger partial charge in [0.2, 0.25) is 0 Å². The fraction of sp³-hybridized carbons (Fsp3) is 0. The Morgan fingerprint density at radius 2 is 1.07 bits per heavy atom. The van der Waals surface area contributed by atoms with Gasteiger partial charge >= 0.3 is 12.1 Å². The first-order chi connectivity index (χ1) is 13.8. The molecule has 0 radical (unpaired) electrons. The molecule has 0 unspecified atom stereocenters. The van der Waals surface area contributed by atoms with Crippen LogP contribution < -0.4 is 15.5 Å². The van der Waals surface area contributed by atoms with Crippen LogP contribution in [0, 0.1) is 0 Å². The van der Waals surface area contributed by atoms with Crippen molar-refractivity contribution in [3.8, 4) is 0 Å². The Morgan fingerprint density at radius 3 is 1.48 bits per heavy atom. The Balaban J connectivity index is 1.90. The van der Waals surface area contributed by atoms with E-state index in [0.717, 1.165) is 4.90 Å². The van der Waals surface area contributed by atoms with Crippen molar-refractivity contribution in [1.29, 1.82) is 0 Å². The Hall–Kier alpha value is -2.44. The molecule has 2 N–H and O–H groups in total. The van der Waals surface area contributed by atoms with Gasteiger partial charge in [0.15, 0.2) is 0 Å². The van der Waals surface area contributed by atoms with Gasteiger partial charge in [-0.15, -0.1) is 0 Å². The third-order valence-corrected chi connectivity index (χ3v) is 5.00. The van der Waals surface area contributed by atoms with Crippen LogP contribution in [-0.2, 0) is 0 Å². The van der Waals surface area contributed by atoms with Gasteiger partial charge in [0.25, 0.3) is 0 Å². The number of imide groups is 1. The van der Waals surface area contributed by atoms with Crippen LogP contribution in [0.5, 0.6) is 0 Å². The second-order valence-electron chi connectivity index (χ2n) is 5.81. The van der Waals surface area contributed by atoms with E-state index >= 15 is 0 Å². The first-order valence-corrected chi connectivity index (χ1v) is 9.73. The van der Waals surface area contributed by atoms with Crippen molar-refractivity contribution in [3.05, 3.63) is 86.8 Å². The van der Waals surface area contributed by atoms with E-state index in [9.17, 15) is 9.59 Å². The fourth-order valence-electron chi connectivity index (χ4n) is 2.38. The van der Waals surface area contributed by atoms with E-state index in [-0.39, 0.29) is 10.7 Å². The maximum atomic E-state index is 12.9. The van der Waals surface area contributed by atoms with E-state index in [1.165, 1.54) is 18.2 Å². The lowest BCUT2D eigenvalue weighted by Crippen LogP contribution is -2.42. The Bertz CT molecular complexity index is 981. The number of carbonyl (C=O) groups is 2. The van der Waals surface area contributed by atoms with Crippen LogP contribution in [-0.4, -0.2) is 12.1 Å². The summed E-state index contributed by atoms with van der Waals surface area (Å²) in [6.07, 6.45) is 0. The molecule has 0 aromatic heterocycles. The van der Waals surface area contributed by atoms with Crippen LogP contribution in [0.15, 0.2) is 66.7 Å². The van der Waals surface area contributed by atoms with Gasteiger partial charge < -0.3 is 10.6 Å². The predicted molar refractivity (Wildman–Crippen MR) is 120 cm³/mol. The first kappa shape index (κ1) is 21.3. The summed E-state index contributed by atoms with van der Waals surface area (Å²) in [5, 5.41) is 6.83. The normalized spacial score (nSPS) is 10.3. The van der Waals surface area contributed by atoms with Crippen molar-refractivity contribution < 1.29 is 9.59 Å². The minimum Gasteiger partial charge on any atom is -0.307 e. The van der Waals surface area contributed by atoms with Crippen LogP contribution in [0.1, 0.15) is 0 Å². The molecule has 0 aliphatic heterocycles. The van der Waals surface area contributed by atoms with Gasteiger partial charge in [0.1, 0.15) is 0 Å². The third kappa shape index (κ3) is 5.55. The topological polar surface area (TPSA) is 61.4 Å². The smallest absolute Gasteiger partial charge is 0.307 e. The Kier molecular flexibility index (Phi) is 6.87. The van der Waals surface area contributed by atoms with Crippen molar-refractivity contribution >= 4 is 75.5 Å². The molecule has 0 heterocycles. The number of hydrogen-bond acceptors (Lipinski definition) is 2. The Labute approximate surface area is 187 Å². The summed E-state index contributed by atoms with van der Waals surface area (Å²) < 4.78 is 0. The summed E-state index contributed by atoms with van der Waals surface area (Å²) in [4.78, 5) is 26.7. The molecular weight excluding hydrogens is 456 g/mol. The van der Waals surface area contributed by atoms with Crippen molar-refractivity contribution in [3.63, 3.8) is 0 Å². The van der Waals surface area contributed by atoms with Crippen molar-refractivity contribution in [1.82, 2.24) is 0 Å². The van der Waals surface area contributed by atoms with Gasteiger partial charge in [-0.3, -0.25) is 0 Å². The lowest BCUT2D eigenvalue weighted by molar-refractivity contribution is 0.246. The van der Waals surface area contributed by atoms with Crippen LogP contribution in [0.4, 0.5) is 26.7 Å². The predicted octanol–water partition coefficient (Wildman–Crippen LogP) is 7.57. The molecule has 0 atom stereocenters. The van der Waals surface area contributed by atoms with E-state index in [2.05, 4.69) is 10.6 Å². The fourth-order valence-corrected chi connectivity index (χ4v) is 2.92. The number of nitrogens with zero attached hydrogens (tertiary/aromatic N) is 1. The quantitative estimate of drug-likeness (QED) is 0.416. The Morgan fingerprint density at radius 1 is 0.621 bits per heavy atom. The standard InChI is InChI=1S/C20H13Cl4N3O2/c21-12-1-5-14(6-2-12)25-19(28)27(16-9-10-17(23)18(24)11-16)20(29)26-15-7-3-13(22)4-8-15/h1-11H,(H,25,28)(H,26,29). The number of rotatable bonds is 3. The molecule has 0 aliphatic carbocycles. The zero-order valence-electron chi connectivity index (χ0n) is 14.6. The highest BCUT2D eigenvalue weighted by Gasteiger charge is 2.25. The minimum absolute atomic E-state index is 0.202. The third-order valence-electron chi connectivity index (χ3n) is 3.76. The number of halogens is 4. The van der Waals surface area contributed by atoms with Crippen molar-refractivity contribution in [2.45, 2.75) is 0 Å². The zero-order valence-corrected chi connectivity index (χ0v) is 17.7. The molecule has 0 saturated heterocycles. The van der Waals surface area contributed by atoms with Crippen molar-refractivity contribution in [2.24, 2.45) is 0 Å². The first-order valence-electron chi connectivity index (χ1n) is 8.22. The van der Waals surface area contributed by atoms with Crippen LogP contribution >= 0.6 is 46.4 Å². The molecule has 9 heteroatoms. The van der Waals surface area contributed by atoms with E-state index in [1.54, 1.807) is 48.5 Å². The molecule has 0 spiro atoms. The second-order valence-corrected chi connectivity index (χ2v) is 7.50. The lowest BCUT2D eigenvalue weighted by atomic mass is 10.3. The highest BCUT2D eigenvalue weighted by atomic mass is 35.5. The number of anilines is 3. The maximum absolute atomic E-state index is 12.9. The highest BCUT2D eigenvalue weighted by Crippen LogP contribution is 2.28. The maximum Gasteiger partial charge on any atom is 0.334 e. The van der Waals surface area contributed by atoms with E-state index in [1.807, 2.05) is 0 Å². The summed E-state index contributed by atoms with van der Waals surface area (Å²) in [6.45, 7) is 0. The number of amides is 4. The van der Waals surface area contributed by atoms with E-state index < -0.39 is 12.1 Å². The van der Waals surface area contributed by atoms with Gasteiger partial charge in [0, 0.05) is 21.4 Å². The summed E-state index contributed by atoms with van der Waals surface area (Å²) in [5.74, 6) is 0. The molecule has 3 rings (SSSR count). The summed E-state index contributed by atoms with van der Waals surface area (Å²) in [5.41, 5.74) is 1.16. The SMILES string of the molecule is O=C(Nc1ccc(Cl)cc1)N(C(=O)Nc1ccc(Cl)cc1)c1ccc(Cl)c(Cl)c1. The zero-order chi connectivity index (χ0) is 21.0. The average Bonchev–Trinajstić information content (AvgIpc) is 2.68. The summed E-state index contributed by atoms with van der Waals surface area (Å²) in [6, 6.07) is 16.0. The number of nitrogens with one attached hydrogen (secondary N) is 2. The van der Waals surface area contributed by atoms with Gasteiger partial charge in [-0.25, -0.2) is 14.5 Å². The second kappa shape index (κ2) is 9.37. The van der Waals surface area contributed by atoms with Crippen LogP contribution in [0.3, 0.4) is 0 Å². The van der Waals surface area contributed by atoms with Gasteiger partial charge in [-0.1, -0.05) is 46.4 Å². The number of hydrogen-bond donors (Lipinski definition) is 2. The molecule has 148 valence electrons. The summed E-state index contributed by atoms with van der Waals surface area (Å²) >= 11 is 23.8. The molecule has 4 amide bonds. The van der Waals surface area contributed by atoms with Gasteiger partial charge in [-0.05, 0) is 66.7 Å². The summed E-state index contributed by atoms with van der Waals surface area (Å²) in [7, 11) is 0. The van der Waals surface area contributed by atoms with Crippen LogP contribution in [0.2, 0.25) is 20.1 Å².